The van der Waals surface area contributed by atoms with Crippen LogP contribution in [0.3, 0.4) is 0 Å². The van der Waals surface area contributed by atoms with Gasteiger partial charge in [-0.05, 0) is 62.4 Å². The highest BCUT2D eigenvalue weighted by Crippen LogP contribution is 2.50. The summed E-state index contributed by atoms with van der Waals surface area (Å²) in [5, 5.41) is 0. The van der Waals surface area contributed by atoms with Gasteiger partial charge < -0.3 is 4.74 Å². The van der Waals surface area contributed by atoms with Crippen LogP contribution < -0.4 is 0 Å². The molecule has 2 atom stereocenters. The monoisotopic (exact) mass is 320 g/mol. The molecule has 0 amide bonds. The Morgan fingerprint density at radius 1 is 1.17 bits per heavy atom. The molecule has 2 nitrogen and oxygen atoms in total. The second-order valence-electron chi connectivity index (χ2n) is 8.88. The number of allylic oxidation sites excluding steroid dienone is 1. The number of hydrogen-bond donors (Lipinski definition) is 0. The summed E-state index contributed by atoms with van der Waals surface area (Å²) in [6.07, 6.45) is 10.2. The minimum Gasteiger partial charge on any atom is -0.377 e. The fourth-order valence-electron chi connectivity index (χ4n) is 5.15. The standard InChI is InChI=1S/C21H36O2/c1-15-17(10-13-21(5)11-8-7-9-12-21)20(3,4)18(16(2)22)14-19(15)23-6/h18-19H,7-14H2,1-6H3/t18-,19-/m0/s1. The lowest BCUT2D eigenvalue weighted by atomic mass is 9.61. The Hall–Kier alpha value is -0.630. The highest BCUT2D eigenvalue weighted by Gasteiger charge is 2.43. The first kappa shape index (κ1) is 18.7. The summed E-state index contributed by atoms with van der Waals surface area (Å²) in [5.41, 5.74) is 3.33. The van der Waals surface area contributed by atoms with E-state index in [0.29, 0.717) is 11.2 Å². The normalized spacial score (nSPS) is 30.3. The fraction of sp³-hybridized carbons (Fsp3) is 0.857. The third-order valence-electron chi connectivity index (χ3n) is 6.87. The molecule has 0 aromatic heterocycles. The number of ketones is 1. The maximum Gasteiger partial charge on any atom is 0.133 e. The van der Waals surface area contributed by atoms with E-state index < -0.39 is 0 Å². The highest BCUT2D eigenvalue weighted by atomic mass is 16.5. The van der Waals surface area contributed by atoms with E-state index in [-0.39, 0.29) is 17.4 Å². The zero-order valence-electron chi connectivity index (χ0n) is 16.1. The summed E-state index contributed by atoms with van der Waals surface area (Å²) >= 11 is 0. The number of Topliss-reactive ketones (excluding diaryl/α,β-unsaturated/α-hetero) is 1. The maximum absolute atomic E-state index is 12.2. The van der Waals surface area contributed by atoms with Gasteiger partial charge in [0, 0.05) is 13.0 Å². The molecule has 0 aromatic rings. The Morgan fingerprint density at radius 2 is 1.78 bits per heavy atom. The second-order valence-corrected chi connectivity index (χ2v) is 8.88. The van der Waals surface area contributed by atoms with Crippen molar-refractivity contribution in [2.45, 2.75) is 92.1 Å². The van der Waals surface area contributed by atoms with Crippen LogP contribution in [-0.4, -0.2) is 19.0 Å². The Kier molecular flexibility index (Phi) is 5.76. The molecule has 2 aliphatic carbocycles. The zero-order valence-corrected chi connectivity index (χ0v) is 16.1. The molecule has 2 aliphatic rings. The molecule has 2 heteroatoms. The topological polar surface area (TPSA) is 26.3 Å². The zero-order chi connectivity index (χ0) is 17.3. The molecule has 0 radical (unpaired) electrons. The Morgan fingerprint density at radius 3 is 2.30 bits per heavy atom. The first-order valence-corrected chi connectivity index (χ1v) is 9.44. The van der Waals surface area contributed by atoms with Crippen molar-refractivity contribution in [1.29, 1.82) is 0 Å². The molecule has 0 unspecified atom stereocenters. The minimum atomic E-state index is -0.0318. The lowest BCUT2D eigenvalue weighted by Gasteiger charge is -2.45. The molecular formula is C21H36O2. The summed E-state index contributed by atoms with van der Waals surface area (Å²) in [7, 11) is 1.78. The van der Waals surface area contributed by atoms with E-state index in [9.17, 15) is 4.79 Å². The van der Waals surface area contributed by atoms with Crippen LogP contribution >= 0.6 is 0 Å². The van der Waals surface area contributed by atoms with Gasteiger partial charge >= 0.3 is 0 Å². The summed E-state index contributed by atoms with van der Waals surface area (Å²) in [6.45, 7) is 11.0. The van der Waals surface area contributed by atoms with E-state index in [4.69, 9.17) is 4.74 Å². The summed E-state index contributed by atoms with van der Waals surface area (Å²) < 4.78 is 5.71. The Balaban J connectivity index is 2.22. The average Bonchev–Trinajstić information content (AvgIpc) is 2.47. The maximum atomic E-state index is 12.2. The van der Waals surface area contributed by atoms with Crippen LogP contribution in [-0.2, 0) is 9.53 Å². The number of carbonyl (C=O) groups is 1. The quantitative estimate of drug-likeness (QED) is 0.607. The second kappa shape index (κ2) is 7.09. The molecule has 0 spiro atoms. The Labute approximate surface area is 143 Å². The summed E-state index contributed by atoms with van der Waals surface area (Å²) in [5.74, 6) is 0.399. The minimum absolute atomic E-state index is 0.0318. The van der Waals surface area contributed by atoms with E-state index in [0.717, 1.165) is 12.8 Å². The molecule has 0 saturated heterocycles. The molecule has 0 bridgehead atoms. The van der Waals surface area contributed by atoms with E-state index in [2.05, 4.69) is 27.7 Å². The van der Waals surface area contributed by atoms with Gasteiger partial charge in [0.2, 0.25) is 0 Å². The number of carbonyl (C=O) groups excluding carboxylic acids is 1. The number of rotatable bonds is 5. The van der Waals surface area contributed by atoms with Gasteiger partial charge in [0.1, 0.15) is 5.78 Å². The van der Waals surface area contributed by atoms with Gasteiger partial charge in [-0.25, -0.2) is 0 Å². The first-order valence-electron chi connectivity index (χ1n) is 9.44. The number of hydrogen-bond acceptors (Lipinski definition) is 2. The smallest absolute Gasteiger partial charge is 0.133 e. The van der Waals surface area contributed by atoms with E-state index in [1.54, 1.807) is 14.0 Å². The fourth-order valence-corrected chi connectivity index (χ4v) is 5.15. The highest BCUT2D eigenvalue weighted by molar-refractivity contribution is 5.80. The van der Waals surface area contributed by atoms with Crippen molar-refractivity contribution in [1.82, 2.24) is 0 Å². The summed E-state index contributed by atoms with van der Waals surface area (Å²) in [4.78, 5) is 12.2. The van der Waals surface area contributed by atoms with Gasteiger partial charge in [0.15, 0.2) is 0 Å². The molecule has 0 heterocycles. The lowest BCUT2D eigenvalue weighted by molar-refractivity contribution is -0.125. The SMILES string of the molecule is CO[C@H]1C[C@@H](C(C)=O)C(C)(C)C(CCC2(C)CCCCC2)=C1C. The molecule has 0 N–H and O–H groups in total. The van der Waals surface area contributed by atoms with Crippen LogP contribution in [0.1, 0.15) is 86.0 Å². The lowest BCUT2D eigenvalue weighted by Crippen LogP contribution is -2.41. The molecule has 23 heavy (non-hydrogen) atoms. The van der Waals surface area contributed by atoms with Gasteiger partial charge in [0.05, 0.1) is 6.10 Å². The van der Waals surface area contributed by atoms with Crippen molar-refractivity contribution in [3.8, 4) is 0 Å². The third-order valence-corrected chi connectivity index (χ3v) is 6.87. The van der Waals surface area contributed by atoms with Gasteiger partial charge in [-0.1, -0.05) is 45.6 Å². The van der Waals surface area contributed by atoms with E-state index in [1.807, 2.05) is 0 Å². The largest absolute Gasteiger partial charge is 0.377 e. The molecule has 0 aromatic carbocycles. The van der Waals surface area contributed by atoms with Gasteiger partial charge in [-0.15, -0.1) is 0 Å². The number of ether oxygens (including phenoxy) is 1. The van der Waals surface area contributed by atoms with Crippen molar-refractivity contribution < 1.29 is 9.53 Å². The van der Waals surface area contributed by atoms with Crippen LogP contribution in [0.25, 0.3) is 0 Å². The predicted octanol–water partition coefficient (Wildman–Crippen LogP) is 5.70. The molecular weight excluding hydrogens is 284 g/mol. The summed E-state index contributed by atoms with van der Waals surface area (Å²) in [6, 6.07) is 0. The molecule has 132 valence electrons. The molecule has 2 rings (SSSR count). The van der Waals surface area contributed by atoms with Crippen molar-refractivity contribution in [3.05, 3.63) is 11.1 Å². The van der Waals surface area contributed by atoms with Crippen LogP contribution in [0.4, 0.5) is 0 Å². The Bertz CT molecular complexity index is 466. The predicted molar refractivity (Wildman–Crippen MR) is 96.5 cm³/mol. The van der Waals surface area contributed by atoms with Crippen LogP contribution in [0.5, 0.6) is 0 Å². The van der Waals surface area contributed by atoms with Gasteiger partial charge in [-0.3, -0.25) is 4.79 Å². The van der Waals surface area contributed by atoms with Gasteiger partial charge in [0.25, 0.3) is 0 Å². The van der Waals surface area contributed by atoms with Crippen LogP contribution in [0.15, 0.2) is 11.1 Å². The molecule has 1 fully saturated rings. The van der Waals surface area contributed by atoms with Crippen molar-refractivity contribution in [2.24, 2.45) is 16.7 Å². The van der Waals surface area contributed by atoms with Gasteiger partial charge in [-0.2, -0.15) is 0 Å². The third kappa shape index (κ3) is 3.90. The molecule has 1 saturated carbocycles. The van der Waals surface area contributed by atoms with Crippen molar-refractivity contribution in [3.63, 3.8) is 0 Å². The first-order chi connectivity index (χ1) is 10.7. The number of methoxy groups -OCH3 is 1. The van der Waals surface area contributed by atoms with Crippen LogP contribution in [0, 0.1) is 16.7 Å². The van der Waals surface area contributed by atoms with Crippen molar-refractivity contribution >= 4 is 5.78 Å². The van der Waals surface area contributed by atoms with E-state index >= 15 is 0 Å². The average molecular weight is 321 g/mol. The van der Waals surface area contributed by atoms with E-state index in [1.165, 1.54) is 49.7 Å². The molecule has 0 aliphatic heterocycles. The van der Waals surface area contributed by atoms with Crippen molar-refractivity contribution in [2.75, 3.05) is 7.11 Å². The van der Waals surface area contributed by atoms with Crippen LogP contribution in [0.2, 0.25) is 0 Å².